The summed E-state index contributed by atoms with van der Waals surface area (Å²) in [7, 11) is 0. The van der Waals surface area contributed by atoms with Gasteiger partial charge in [-0.3, -0.25) is 0 Å². The molecule has 0 amide bonds. The Kier molecular flexibility index (Phi) is 2.16. The first-order valence-electron chi connectivity index (χ1n) is 5.43. The minimum absolute atomic E-state index is 0.111. The summed E-state index contributed by atoms with van der Waals surface area (Å²) in [6, 6.07) is 0. The van der Waals surface area contributed by atoms with E-state index in [0.717, 1.165) is 6.42 Å². The normalized spacial score (nSPS) is 52.2. The fourth-order valence-corrected chi connectivity index (χ4v) is 3.80. The first-order chi connectivity index (χ1) is 6.02. The number of hydrogen-bond donors (Lipinski definition) is 2. The van der Waals surface area contributed by atoms with Crippen LogP contribution in [-0.2, 0) is 0 Å². The highest BCUT2D eigenvalue weighted by molar-refractivity contribution is 5.02. The second-order valence-electron chi connectivity index (χ2n) is 5.18. The van der Waals surface area contributed by atoms with Gasteiger partial charge in [0.15, 0.2) is 0 Å². The quantitative estimate of drug-likeness (QED) is 0.649. The van der Waals surface area contributed by atoms with Crippen molar-refractivity contribution in [1.29, 1.82) is 0 Å². The van der Waals surface area contributed by atoms with Crippen molar-refractivity contribution >= 4 is 0 Å². The van der Waals surface area contributed by atoms with Gasteiger partial charge in [0.2, 0.25) is 0 Å². The molecule has 2 rings (SSSR count). The van der Waals surface area contributed by atoms with Crippen LogP contribution >= 0.6 is 0 Å². The SMILES string of the molecule is C[C@@H](O)[C@@H]1[C@H]2CCC[C@H]2C[C@]1(C)O. The van der Waals surface area contributed by atoms with Crippen molar-refractivity contribution in [2.24, 2.45) is 17.8 Å². The highest BCUT2D eigenvalue weighted by Crippen LogP contribution is 2.53. The van der Waals surface area contributed by atoms with Crippen molar-refractivity contribution in [3.63, 3.8) is 0 Å². The Morgan fingerprint density at radius 3 is 2.69 bits per heavy atom. The van der Waals surface area contributed by atoms with Crippen LogP contribution < -0.4 is 0 Å². The smallest absolute Gasteiger partial charge is 0.0677 e. The van der Waals surface area contributed by atoms with Gasteiger partial charge in [0.1, 0.15) is 0 Å². The fraction of sp³-hybridized carbons (Fsp3) is 1.00. The Morgan fingerprint density at radius 1 is 1.38 bits per heavy atom. The van der Waals surface area contributed by atoms with Crippen molar-refractivity contribution in [2.75, 3.05) is 0 Å². The molecule has 2 aliphatic carbocycles. The van der Waals surface area contributed by atoms with E-state index in [1.165, 1.54) is 19.3 Å². The van der Waals surface area contributed by atoms with Crippen LogP contribution in [0.2, 0.25) is 0 Å². The third-order valence-electron chi connectivity index (χ3n) is 4.09. The number of fused-ring (bicyclic) bond motifs is 1. The standard InChI is InChI=1S/C11H20O2/c1-7(12)10-9-5-3-4-8(9)6-11(10,2)13/h7-10,12-13H,3-6H2,1-2H3/t7-,8+,9+,10-,11+/m1/s1. The maximum Gasteiger partial charge on any atom is 0.0677 e. The van der Waals surface area contributed by atoms with Gasteiger partial charge in [-0.15, -0.1) is 0 Å². The van der Waals surface area contributed by atoms with E-state index in [2.05, 4.69) is 0 Å². The average molecular weight is 184 g/mol. The second kappa shape index (κ2) is 2.96. The molecule has 2 N–H and O–H groups in total. The predicted octanol–water partition coefficient (Wildman–Crippen LogP) is 1.55. The Morgan fingerprint density at radius 2 is 2.08 bits per heavy atom. The van der Waals surface area contributed by atoms with E-state index in [-0.39, 0.29) is 12.0 Å². The summed E-state index contributed by atoms with van der Waals surface area (Å²) in [6.45, 7) is 3.71. The molecule has 2 nitrogen and oxygen atoms in total. The van der Waals surface area contributed by atoms with Crippen LogP contribution in [0.3, 0.4) is 0 Å². The van der Waals surface area contributed by atoms with Crippen LogP contribution in [0.25, 0.3) is 0 Å². The Hall–Kier alpha value is -0.0800. The minimum atomic E-state index is -0.621. The molecule has 0 aromatic rings. The molecule has 0 aliphatic heterocycles. The molecule has 0 radical (unpaired) electrons. The van der Waals surface area contributed by atoms with Gasteiger partial charge in [0, 0.05) is 5.92 Å². The van der Waals surface area contributed by atoms with Gasteiger partial charge in [-0.25, -0.2) is 0 Å². The first-order valence-corrected chi connectivity index (χ1v) is 5.43. The maximum atomic E-state index is 10.2. The zero-order valence-electron chi connectivity index (χ0n) is 8.53. The maximum absolute atomic E-state index is 10.2. The Balaban J connectivity index is 2.20. The lowest BCUT2D eigenvalue weighted by atomic mass is 9.82. The molecule has 0 saturated heterocycles. The third kappa shape index (κ3) is 1.40. The fourth-order valence-electron chi connectivity index (χ4n) is 3.80. The molecular formula is C11H20O2. The van der Waals surface area contributed by atoms with Gasteiger partial charge in [-0.2, -0.15) is 0 Å². The van der Waals surface area contributed by atoms with Gasteiger partial charge in [0.05, 0.1) is 11.7 Å². The molecule has 0 aromatic carbocycles. The number of aliphatic hydroxyl groups is 2. The number of aliphatic hydroxyl groups excluding tert-OH is 1. The molecule has 5 atom stereocenters. The topological polar surface area (TPSA) is 40.5 Å². The van der Waals surface area contributed by atoms with Gasteiger partial charge < -0.3 is 10.2 Å². The van der Waals surface area contributed by atoms with Crippen molar-refractivity contribution in [3.05, 3.63) is 0 Å². The molecule has 0 unspecified atom stereocenters. The summed E-state index contributed by atoms with van der Waals surface area (Å²) >= 11 is 0. The molecule has 76 valence electrons. The van der Waals surface area contributed by atoms with E-state index in [1.54, 1.807) is 0 Å². The van der Waals surface area contributed by atoms with Gasteiger partial charge in [-0.1, -0.05) is 12.8 Å². The summed E-state index contributed by atoms with van der Waals surface area (Å²) in [4.78, 5) is 0. The highest BCUT2D eigenvalue weighted by atomic mass is 16.3. The predicted molar refractivity (Wildman–Crippen MR) is 51.2 cm³/mol. The van der Waals surface area contributed by atoms with E-state index >= 15 is 0 Å². The van der Waals surface area contributed by atoms with Crippen molar-refractivity contribution in [3.8, 4) is 0 Å². The average Bonchev–Trinajstić information content (AvgIpc) is 2.41. The summed E-state index contributed by atoms with van der Waals surface area (Å²) < 4.78 is 0. The van der Waals surface area contributed by atoms with Crippen LogP contribution in [0.15, 0.2) is 0 Å². The second-order valence-corrected chi connectivity index (χ2v) is 5.18. The lowest BCUT2D eigenvalue weighted by molar-refractivity contribution is -0.0470. The monoisotopic (exact) mass is 184 g/mol. The molecule has 2 aliphatic rings. The minimum Gasteiger partial charge on any atom is -0.393 e. The van der Waals surface area contributed by atoms with E-state index in [1.807, 2.05) is 13.8 Å². The molecular weight excluding hydrogens is 164 g/mol. The molecule has 2 saturated carbocycles. The molecule has 0 bridgehead atoms. The molecule has 0 heterocycles. The summed E-state index contributed by atoms with van der Waals surface area (Å²) in [5.41, 5.74) is -0.621. The van der Waals surface area contributed by atoms with Crippen LogP contribution in [0.4, 0.5) is 0 Å². The Bertz CT molecular complexity index is 198. The third-order valence-corrected chi connectivity index (χ3v) is 4.09. The van der Waals surface area contributed by atoms with E-state index < -0.39 is 5.60 Å². The van der Waals surface area contributed by atoms with Gasteiger partial charge in [0.25, 0.3) is 0 Å². The summed E-state index contributed by atoms with van der Waals surface area (Å²) in [6.07, 6.45) is 4.28. The van der Waals surface area contributed by atoms with E-state index in [0.29, 0.717) is 11.8 Å². The molecule has 2 heteroatoms. The zero-order valence-corrected chi connectivity index (χ0v) is 8.53. The van der Waals surface area contributed by atoms with Gasteiger partial charge >= 0.3 is 0 Å². The van der Waals surface area contributed by atoms with Crippen molar-refractivity contribution in [2.45, 2.75) is 51.2 Å². The van der Waals surface area contributed by atoms with Crippen LogP contribution in [-0.4, -0.2) is 21.9 Å². The lowest BCUT2D eigenvalue weighted by Gasteiger charge is -2.31. The van der Waals surface area contributed by atoms with Crippen LogP contribution in [0.1, 0.15) is 39.5 Å². The van der Waals surface area contributed by atoms with Gasteiger partial charge in [-0.05, 0) is 38.5 Å². The highest BCUT2D eigenvalue weighted by Gasteiger charge is 2.52. The molecule has 13 heavy (non-hydrogen) atoms. The van der Waals surface area contributed by atoms with E-state index in [4.69, 9.17) is 0 Å². The molecule has 0 aromatic heterocycles. The summed E-state index contributed by atoms with van der Waals surface area (Å²) in [5.74, 6) is 1.37. The number of hydrogen-bond acceptors (Lipinski definition) is 2. The number of rotatable bonds is 1. The lowest BCUT2D eigenvalue weighted by Crippen LogP contribution is -2.38. The molecule has 2 fully saturated rings. The van der Waals surface area contributed by atoms with E-state index in [9.17, 15) is 10.2 Å². The van der Waals surface area contributed by atoms with Crippen molar-refractivity contribution in [1.82, 2.24) is 0 Å². The largest absolute Gasteiger partial charge is 0.393 e. The Labute approximate surface area is 80.0 Å². The van der Waals surface area contributed by atoms with Crippen molar-refractivity contribution < 1.29 is 10.2 Å². The molecule has 0 spiro atoms. The van der Waals surface area contributed by atoms with Crippen LogP contribution in [0, 0.1) is 17.8 Å². The van der Waals surface area contributed by atoms with Crippen LogP contribution in [0.5, 0.6) is 0 Å². The summed E-state index contributed by atoms with van der Waals surface area (Å²) in [5, 5.41) is 19.8. The zero-order chi connectivity index (χ0) is 9.64. The first kappa shape index (κ1) is 9.47.